The molecule has 142 valence electrons. The molecule has 1 aromatic carbocycles. The number of hydrogen-bond donors (Lipinski definition) is 2. The highest BCUT2D eigenvalue weighted by atomic mass is 79.9. The third-order valence-corrected chi connectivity index (χ3v) is 5.08. The minimum absolute atomic E-state index is 0.511. The fraction of sp³-hybridized carbons (Fsp3) is 0.235. The third-order valence-electron chi connectivity index (χ3n) is 3.69. The lowest BCUT2D eigenvalue weighted by molar-refractivity contribution is 0.574. The first-order valence-electron chi connectivity index (χ1n) is 8.20. The van der Waals surface area contributed by atoms with E-state index in [9.17, 15) is 0 Å². The SMILES string of the molecule is S=C(NCCCn1cc(Cl)cn1)Nc1nn(Cc2ccccc2Cl)cc1Br. The molecule has 0 aliphatic rings. The average molecular weight is 488 g/mol. The lowest BCUT2D eigenvalue weighted by Gasteiger charge is -2.09. The summed E-state index contributed by atoms with van der Waals surface area (Å²) in [4.78, 5) is 0. The Morgan fingerprint density at radius 1 is 1.19 bits per heavy atom. The minimum Gasteiger partial charge on any atom is -0.362 e. The molecule has 0 saturated heterocycles. The van der Waals surface area contributed by atoms with Crippen LogP contribution in [0.3, 0.4) is 0 Å². The van der Waals surface area contributed by atoms with Gasteiger partial charge in [0, 0.05) is 30.5 Å². The minimum atomic E-state index is 0.511. The Hall–Kier alpha value is -1.61. The van der Waals surface area contributed by atoms with Crippen molar-refractivity contribution in [2.45, 2.75) is 19.5 Å². The van der Waals surface area contributed by atoms with E-state index in [0.29, 0.717) is 34.1 Å². The van der Waals surface area contributed by atoms with Gasteiger partial charge in [0.05, 0.1) is 22.2 Å². The van der Waals surface area contributed by atoms with Crippen molar-refractivity contribution in [2.75, 3.05) is 11.9 Å². The maximum absolute atomic E-state index is 6.21. The summed E-state index contributed by atoms with van der Waals surface area (Å²) in [7, 11) is 0. The molecule has 0 aliphatic heterocycles. The van der Waals surface area contributed by atoms with Crippen LogP contribution in [-0.2, 0) is 13.1 Å². The number of aromatic nitrogens is 4. The van der Waals surface area contributed by atoms with Gasteiger partial charge in [0.25, 0.3) is 0 Å². The summed E-state index contributed by atoms with van der Waals surface area (Å²) in [5.41, 5.74) is 1.00. The number of hydrogen-bond acceptors (Lipinski definition) is 3. The highest BCUT2D eigenvalue weighted by Crippen LogP contribution is 2.22. The first-order chi connectivity index (χ1) is 13.0. The van der Waals surface area contributed by atoms with E-state index in [1.807, 2.05) is 30.5 Å². The lowest BCUT2D eigenvalue weighted by Crippen LogP contribution is -2.30. The average Bonchev–Trinajstić information content (AvgIpc) is 3.19. The molecular weight excluding hydrogens is 471 g/mol. The van der Waals surface area contributed by atoms with Crippen LogP contribution in [0.1, 0.15) is 12.0 Å². The maximum Gasteiger partial charge on any atom is 0.172 e. The van der Waals surface area contributed by atoms with Crippen LogP contribution < -0.4 is 10.6 Å². The van der Waals surface area contributed by atoms with Gasteiger partial charge in [-0.2, -0.15) is 10.2 Å². The molecule has 0 bridgehead atoms. The quantitative estimate of drug-likeness (QED) is 0.377. The Kier molecular flexibility index (Phi) is 7.12. The Bertz CT molecular complexity index is 926. The summed E-state index contributed by atoms with van der Waals surface area (Å²) in [5.74, 6) is 0.651. The number of benzene rings is 1. The second-order valence-electron chi connectivity index (χ2n) is 5.77. The number of anilines is 1. The molecule has 0 aliphatic carbocycles. The summed E-state index contributed by atoms with van der Waals surface area (Å²) in [5, 5.41) is 16.8. The van der Waals surface area contributed by atoms with Crippen LogP contribution in [0.4, 0.5) is 5.82 Å². The molecule has 27 heavy (non-hydrogen) atoms. The van der Waals surface area contributed by atoms with Crippen LogP contribution in [0.25, 0.3) is 0 Å². The molecule has 0 radical (unpaired) electrons. The molecule has 2 aromatic heterocycles. The molecule has 0 fully saturated rings. The molecule has 6 nitrogen and oxygen atoms in total. The van der Waals surface area contributed by atoms with Crippen molar-refractivity contribution >= 4 is 62.3 Å². The van der Waals surface area contributed by atoms with E-state index < -0.39 is 0 Å². The molecule has 0 unspecified atom stereocenters. The number of halogens is 3. The van der Waals surface area contributed by atoms with Gasteiger partial charge in [-0.3, -0.25) is 9.36 Å². The number of rotatable bonds is 7. The zero-order chi connectivity index (χ0) is 19.2. The van der Waals surface area contributed by atoms with E-state index in [1.54, 1.807) is 21.8 Å². The second kappa shape index (κ2) is 9.54. The van der Waals surface area contributed by atoms with Gasteiger partial charge in [0.2, 0.25) is 0 Å². The predicted molar refractivity (Wildman–Crippen MR) is 117 cm³/mol. The molecule has 0 atom stereocenters. The molecule has 2 N–H and O–H groups in total. The zero-order valence-electron chi connectivity index (χ0n) is 14.2. The van der Waals surface area contributed by atoms with E-state index in [1.165, 1.54) is 0 Å². The number of nitrogens with zero attached hydrogens (tertiary/aromatic N) is 4. The number of aryl methyl sites for hydroxylation is 1. The fourth-order valence-electron chi connectivity index (χ4n) is 2.42. The van der Waals surface area contributed by atoms with E-state index in [0.717, 1.165) is 23.0 Å². The van der Waals surface area contributed by atoms with Crippen molar-refractivity contribution in [3.05, 3.63) is 62.9 Å². The van der Waals surface area contributed by atoms with Crippen molar-refractivity contribution in [1.82, 2.24) is 24.9 Å². The van der Waals surface area contributed by atoms with Crippen molar-refractivity contribution in [3.63, 3.8) is 0 Å². The third kappa shape index (κ3) is 5.93. The van der Waals surface area contributed by atoms with Gasteiger partial charge in [-0.25, -0.2) is 0 Å². The van der Waals surface area contributed by atoms with E-state index in [2.05, 4.69) is 36.8 Å². The van der Waals surface area contributed by atoms with Gasteiger partial charge in [-0.1, -0.05) is 41.4 Å². The fourth-order valence-corrected chi connectivity index (χ4v) is 3.38. The molecule has 0 spiro atoms. The maximum atomic E-state index is 6.21. The Morgan fingerprint density at radius 2 is 2.00 bits per heavy atom. The van der Waals surface area contributed by atoms with Gasteiger partial charge in [-0.05, 0) is 46.2 Å². The van der Waals surface area contributed by atoms with E-state index in [-0.39, 0.29) is 0 Å². The molecule has 0 amide bonds. The van der Waals surface area contributed by atoms with Crippen molar-refractivity contribution in [3.8, 4) is 0 Å². The molecular formula is C17H17BrCl2N6S. The molecule has 2 heterocycles. The van der Waals surface area contributed by atoms with Crippen LogP contribution in [0, 0.1) is 0 Å². The zero-order valence-corrected chi connectivity index (χ0v) is 18.1. The highest BCUT2D eigenvalue weighted by molar-refractivity contribution is 9.10. The molecule has 3 rings (SSSR count). The lowest BCUT2D eigenvalue weighted by atomic mass is 10.2. The van der Waals surface area contributed by atoms with Gasteiger partial charge in [0.1, 0.15) is 0 Å². The normalized spacial score (nSPS) is 10.8. The number of nitrogens with one attached hydrogen (secondary N) is 2. The molecule has 3 aromatic rings. The van der Waals surface area contributed by atoms with Crippen molar-refractivity contribution < 1.29 is 0 Å². The van der Waals surface area contributed by atoms with E-state index in [4.69, 9.17) is 35.4 Å². The monoisotopic (exact) mass is 486 g/mol. The topological polar surface area (TPSA) is 59.7 Å². The van der Waals surface area contributed by atoms with Crippen LogP contribution in [0.5, 0.6) is 0 Å². The van der Waals surface area contributed by atoms with Crippen LogP contribution in [0.2, 0.25) is 10.0 Å². The van der Waals surface area contributed by atoms with Gasteiger partial charge in [0.15, 0.2) is 10.9 Å². The molecule has 10 heteroatoms. The van der Waals surface area contributed by atoms with Gasteiger partial charge < -0.3 is 10.6 Å². The van der Waals surface area contributed by atoms with Gasteiger partial charge in [-0.15, -0.1) is 0 Å². The second-order valence-corrected chi connectivity index (χ2v) is 7.88. The van der Waals surface area contributed by atoms with Crippen LogP contribution in [-0.4, -0.2) is 31.2 Å². The Balaban J connectivity index is 1.47. The summed E-state index contributed by atoms with van der Waals surface area (Å²) in [6.45, 7) is 2.05. The first kappa shape index (κ1) is 20.1. The predicted octanol–water partition coefficient (Wildman–Crippen LogP) is 4.57. The smallest absolute Gasteiger partial charge is 0.172 e. The summed E-state index contributed by atoms with van der Waals surface area (Å²) >= 11 is 20.9. The molecule has 0 saturated carbocycles. The summed E-state index contributed by atoms with van der Waals surface area (Å²) in [6, 6.07) is 7.70. The summed E-state index contributed by atoms with van der Waals surface area (Å²) < 4.78 is 4.43. The standard InChI is InChI=1S/C17H17BrCl2N6S/c18-14-11-26(9-12-4-1-2-5-15(12)20)24-16(14)23-17(27)21-6-3-7-25-10-13(19)8-22-25/h1-2,4-5,8,10-11H,3,6-7,9H2,(H2,21,23,24,27). The highest BCUT2D eigenvalue weighted by Gasteiger charge is 2.09. The first-order valence-corrected chi connectivity index (χ1v) is 10.2. The summed E-state index contributed by atoms with van der Waals surface area (Å²) in [6.07, 6.45) is 6.16. The van der Waals surface area contributed by atoms with Crippen molar-refractivity contribution in [1.29, 1.82) is 0 Å². The number of thiocarbonyl (C=S) groups is 1. The van der Waals surface area contributed by atoms with Crippen molar-refractivity contribution in [2.24, 2.45) is 0 Å². The Labute approximate surface area is 181 Å². The van der Waals surface area contributed by atoms with Crippen LogP contribution in [0.15, 0.2) is 47.3 Å². The van der Waals surface area contributed by atoms with E-state index >= 15 is 0 Å². The Morgan fingerprint density at radius 3 is 2.74 bits per heavy atom. The largest absolute Gasteiger partial charge is 0.362 e. The van der Waals surface area contributed by atoms with Crippen LogP contribution >= 0.6 is 51.3 Å². The van der Waals surface area contributed by atoms with Gasteiger partial charge >= 0.3 is 0 Å².